The Kier molecular flexibility index (Phi) is 8.89. The van der Waals surface area contributed by atoms with Crippen LogP contribution < -0.4 is 4.74 Å². The van der Waals surface area contributed by atoms with E-state index in [1.807, 2.05) is 12.1 Å². The second-order valence-electron chi connectivity index (χ2n) is 14.7. The lowest BCUT2D eigenvalue weighted by Crippen LogP contribution is -2.51. The third-order valence-electron chi connectivity index (χ3n) is 12.0. The van der Waals surface area contributed by atoms with Gasteiger partial charge in [0.2, 0.25) is 0 Å². The van der Waals surface area contributed by atoms with Crippen molar-refractivity contribution in [2.45, 2.75) is 111 Å². The molecule has 0 unspecified atom stereocenters. The van der Waals surface area contributed by atoms with Gasteiger partial charge in [-0.2, -0.15) is 0 Å². The molecule has 1 aromatic carbocycles. The van der Waals surface area contributed by atoms with Crippen molar-refractivity contribution >= 4 is 5.97 Å². The summed E-state index contributed by atoms with van der Waals surface area (Å²) in [6.45, 7) is 16.7. The van der Waals surface area contributed by atoms with E-state index in [9.17, 15) is 4.79 Å². The molecule has 0 amide bonds. The SMILES string of the molecule is C=CCOc1ccc(C(=O)O[C@@H]2CC[C@@]3(C)C(=CC[C@H]4[C@@H]5CC[C@@H]([C@@H](C)CCCC(C)C)[C@@]5(C)CC[C@@H]43)C2)cc1. The van der Waals surface area contributed by atoms with Crippen molar-refractivity contribution in [3.8, 4) is 5.75 Å². The summed E-state index contributed by atoms with van der Waals surface area (Å²) in [5.41, 5.74) is 2.97. The average molecular weight is 547 g/mol. The summed E-state index contributed by atoms with van der Waals surface area (Å²) in [5.74, 6) is 5.62. The highest BCUT2D eigenvalue weighted by Crippen LogP contribution is 2.67. The molecule has 5 rings (SSSR count). The summed E-state index contributed by atoms with van der Waals surface area (Å²) in [7, 11) is 0. The first-order chi connectivity index (χ1) is 19.2. The lowest BCUT2D eigenvalue weighted by Gasteiger charge is -2.58. The van der Waals surface area contributed by atoms with Crippen molar-refractivity contribution in [1.29, 1.82) is 0 Å². The predicted octanol–water partition coefficient (Wildman–Crippen LogP) is 9.82. The zero-order valence-corrected chi connectivity index (χ0v) is 25.9. The normalized spacial score (nSPS) is 35.6. The molecule has 0 N–H and O–H groups in total. The van der Waals surface area contributed by atoms with Gasteiger partial charge in [-0.05, 0) is 116 Å². The lowest BCUT2D eigenvalue weighted by atomic mass is 9.47. The molecule has 3 saturated carbocycles. The van der Waals surface area contributed by atoms with E-state index in [2.05, 4.69) is 47.3 Å². The molecular weight excluding hydrogens is 492 g/mol. The van der Waals surface area contributed by atoms with Gasteiger partial charge in [0.25, 0.3) is 0 Å². The smallest absolute Gasteiger partial charge is 0.338 e. The van der Waals surface area contributed by atoms with Gasteiger partial charge in [-0.3, -0.25) is 0 Å². The molecule has 4 aliphatic rings. The summed E-state index contributed by atoms with van der Waals surface area (Å²) in [6, 6.07) is 7.27. The van der Waals surface area contributed by atoms with Gasteiger partial charge < -0.3 is 9.47 Å². The summed E-state index contributed by atoms with van der Waals surface area (Å²) in [6.07, 6.45) is 18.4. The number of benzene rings is 1. The highest BCUT2D eigenvalue weighted by atomic mass is 16.5. The number of rotatable bonds is 10. The Hall–Kier alpha value is -2.03. The number of allylic oxidation sites excluding steroid dienone is 1. The zero-order chi connectivity index (χ0) is 28.5. The minimum atomic E-state index is -0.217. The fourth-order valence-electron chi connectivity index (χ4n) is 9.81. The number of carbonyl (C=O) groups excluding carboxylic acids is 1. The van der Waals surface area contributed by atoms with Crippen LogP contribution in [0.5, 0.6) is 5.75 Å². The Morgan fingerprint density at radius 2 is 1.80 bits per heavy atom. The number of esters is 1. The second-order valence-corrected chi connectivity index (χ2v) is 14.7. The molecule has 0 aliphatic heterocycles. The Labute approximate surface area is 244 Å². The van der Waals surface area contributed by atoms with Gasteiger partial charge >= 0.3 is 5.97 Å². The minimum Gasteiger partial charge on any atom is -0.490 e. The molecular formula is C37H54O3. The summed E-state index contributed by atoms with van der Waals surface area (Å²) in [4.78, 5) is 13.0. The molecule has 0 radical (unpaired) electrons. The Morgan fingerprint density at radius 1 is 1.02 bits per heavy atom. The van der Waals surface area contributed by atoms with E-state index in [4.69, 9.17) is 9.47 Å². The lowest BCUT2D eigenvalue weighted by molar-refractivity contribution is -0.0594. The molecule has 8 atom stereocenters. The van der Waals surface area contributed by atoms with E-state index in [1.54, 1.807) is 23.8 Å². The van der Waals surface area contributed by atoms with Crippen LogP contribution >= 0.6 is 0 Å². The summed E-state index contributed by atoms with van der Waals surface area (Å²) < 4.78 is 11.6. The van der Waals surface area contributed by atoms with Crippen LogP contribution in [-0.2, 0) is 4.74 Å². The van der Waals surface area contributed by atoms with Gasteiger partial charge in [-0.1, -0.05) is 78.2 Å². The van der Waals surface area contributed by atoms with Gasteiger partial charge in [0.15, 0.2) is 0 Å². The first-order valence-electron chi connectivity index (χ1n) is 16.4. The van der Waals surface area contributed by atoms with Crippen LogP contribution in [0.25, 0.3) is 0 Å². The highest BCUT2D eigenvalue weighted by molar-refractivity contribution is 5.89. The maximum absolute atomic E-state index is 13.0. The van der Waals surface area contributed by atoms with Crippen LogP contribution in [-0.4, -0.2) is 18.7 Å². The van der Waals surface area contributed by atoms with Crippen LogP contribution in [0, 0.1) is 46.3 Å². The van der Waals surface area contributed by atoms with E-state index in [-0.39, 0.29) is 17.5 Å². The maximum atomic E-state index is 13.0. The van der Waals surface area contributed by atoms with Crippen molar-refractivity contribution in [3.63, 3.8) is 0 Å². The number of fused-ring (bicyclic) bond motifs is 5. The van der Waals surface area contributed by atoms with Gasteiger partial charge in [-0.25, -0.2) is 4.79 Å². The molecule has 1 aromatic rings. The number of hydrogen-bond acceptors (Lipinski definition) is 3. The number of hydrogen-bond donors (Lipinski definition) is 0. The quantitative estimate of drug-likeness (QED) is 0.216. The van der Waals surface area contributed by atoms with Gasteiger partial charge in [-0.15, -0.1) is 0 Å². The molecule has 0 bridgehead atoms. The molecule has 40 heavy (non-hydrogen) atoms. The molecule has 0 saturated heterocycles. The number of ether oxygens (including phenoxy) is 2. The Balaban J connectivity index is 1.21. The van der Waals surface area contributed by atoms with Crippen molar-refractivity contribution in [1.82, 2.24) is 0 Å². The molecule has 0 spiro atoms. The Morgan fingerprint density at radius 3 is 2.52 bits per heavy atom. The first kappa shape index (κ1) is 29.5. The van der Waals surface area contributed by atoms with Crippen molar-refractivity contribution in [2.75, 3.05) is 6.61 Å². The van der Waals surface area contributed by atoms with Crippen molar-refractivity contribution in [2.24, 2.45) is 46.3 Å². The predicted molar refractivity (Wildman–Crippen MR) is 164 cm³/mol. The van der Waals surface area contributed by atoms with Gasteiger partial charge in [0.1, 0.15) is 18.5 Å². The Bertz CT molecular complexity index is 1070. The van der Waals surface area contributed by atoms with Crippen LogP contribution in [0.2, 0.25) is 0 Å². The van der Waals surface area contributed by atoms with E-state index < -0.39 is 0 Å². The second kappa shape index (κ2) is 12.1. The maximum Gasteiger partial charge on any atom is 0.338 e. The fourth-order valence-corrected chi connectivity index (χ4v) is 9.81. The monoisotopic (exact) mass is 546 g/mol. The minimum absolute atomic E-state index is 0.0172. The van der Waals surface area contributed by atoms with Gasteiger partial charge in [0.05, 0.1) is 5.56 Å². The molecule has 3 nitrogen and oxygen atoms in total. The van der Waals surface area contributed by atoms with E-state index in [0.29, 0.717) is 17.6 Å². The topological polar surface area (TPSA) is 35.5 Å². The average Bonchev–Trinajstić information content (AvgIpc) is 3.29. The molecule has 3 heteroatoms. The van der Waals surface area contributed by atoms with Gasteiger partial charge in [0, 0.05) is 6.42 Å². The van der Waals surface area contributed by atoms with Crippen LogP contribution in [0.15, 0.2) is 48.6 Å². The molecule has 3 fully saturated rings. The van der Waals surface area contributed by atoms with Crippen LogP contribution in [0.4, 0.5) is 0 Å². The summed E-state index contributed by atoms with van der Waals surface area (Å²) >= 11 is 0. The molecule has 0 heterocycles. The molecule has 0 aromatic heterocycles. The molecule has 220 valence electrons. The van der Waals surface area contributed by atoms with Crippen molar-refractivity contribution < 1.29 is 14.3 Å². The van der Waals surface area contributed by atoms with Crippen molar-refractivity contribution in [3.05, 3.63) is 54.1 Å². The molecule has 4 aliphatic carbocycles. The largest absolute Gasteiger partial charge is 0.490 e. The van der Waals surface area contributed by atoms with E-state index >= 15 is 0 Å². The summed E-state index contributed by atoms with van der Waals surface area (Å²) in [5, 5.41) is 0. The van der Waals surface area contributed by atoms with Crippen LogP contribution in [0.3, 0.4) is 0 Å². The first-order valence-corrected chi connectivity index (χ1v) is 16.4. The number of carbonyl (C=O) groups is 1. The standard InChI is InChI=1S/C37H54O3/c1-7-23-39-29-14-11-27(12-15-29)35(38)40-30-19-21-36(5)28(24-30)13-16-31-33-18-17-32(26(4)10-8-9-25(2)3)37(33,6)22-20-34(31)36/h7,11-15,25-26,30-34H,1,8-10,16-24H2,2-6H3/t26-,30+,31-,32-,33-,34-,36-,37+/m0/s1. The zero-order valence-electron chi connectivity index (χ0n) is 25.9. The van der Waals surface area contributed by atoms with E-state index in [0.717, 1.165) is 60.5 Å². The third kappa shape index (κ3) is 5.68. The third-order valence-corrected chi connectivity index (χ3v) is 12.0. The highest BCUT2D eigenvalue weighted by Gasteiger charge is 2.59. The van der Waals surface area contributed by atoms with E-state index in [1.165, 1.54) is 51.4 Å². The van der Waals surface area contributed by atoms with Crippen LogP contribution in [0.1, 0.15) is 116 Å². The fraction of sp³-hybridized carbons (Fsp3) is 0.703.